The van der Waals surface area contributed by atoms with E-state index in [1.165, 1.54) is 15.2 Å². The molecule has 0 N–H and O–H groups in total. The molecular formula is C15H21N7O2S. The van der Waals surface area contributed by atoms with Gasteiger partial charge in [0, 0.05) is 63.9 Å². The zero-order valence-electron chi connectivity index (χ0n) is 14.7. The SMILES string of the molecule is Cc1nn(C)cc1S(=O)(=O)N(Cc1cnn(C)c1)Cc1cnn(C)c1. The summed E-state index contributed by atoms with van der Waals surface area (Å²) in [5, 5.41) is 12.4. The lowest BCUT2D eigenvalue weighted by Crippen LogP contribution is -2.30. The van der Waals surface area contributed by atoms with Gasteiger partial charge in [-0.25, -0.2) is 8.42 Å². The predicted octanol–water partition coefficient (Wildman–Crippen LogP) is 0.587. The summed E-state index contributed by atoms with van der Waals surface area (Å²) in [5.74, 6) is 0. The summed E-state index contributed by atoms with van der Waals surface area (Å²) in [6.07, 6.45) is 8.48. The molecule has 3 heterocycles. The van der Waals surface area contributed by atoms with E-state index in [0.29, 0.717) is 5.69 Å². The minimum absolute atomic E-state index is 0.211. The largest absolute Gasteiger partial charge is 0.275 e. The molecule has 0 saturated heterocycles. The van der Waals surface area contributed by atoms with E-state index >= 15 is 0 Å². The molecule has 0 saturated carbocycles. The lowest BCUT2D eigenvalue weighted by atomic mass is 10.3. The van der Waals surface area contributed by atoms with Gasteiger partial charge < -0.3 is 0 Å². The number of rotatable bonds is 6. The quantitative estimate of drug-likeness (QED) is 0.639. The van der Waals surface area contributed by atoms with Gasteiger partial charge in [0.2, 0.25) is 10.0 Å². The number of hydrogen-bond acceptors (Lipinski definition) is 5. The zero-order chi connectivity index (χ0) is 18.2. The molecule has 3 rings (SSSR count). The third-order valence-electron chi connectivity index (χ3n) is 3.82. The van der Waals surface area contributed by atoms with Crippen LogP contribution in [-0.2, 0) is 44.3 Å². The average Bonchev–Trinajstić information content (AvgIpc) is 3.20. The van der Waals surface area contributed by atoms with Crippen molar-refractivity contribution in [1.29, 1.82) is 0 Å². The van der Waals surface area contributed by atoms with E-state index in [0.717, 1.165) is 11.1 Å². The van der Waals surface area contributed by atoms with Gasteiger partial charge in [-0.15, -0.1) is 0 Å². The van der Waals surface area contributed by atoms with Gasteiger partial charge >= 0.3 is 0 Å². The van der Waals surface area contributed by atoms with Gasteiger partial charge in [0.05, 0.1) is 18.1 Å². The normalized spacial score (nSPS) is 12.2. The first-order chi connectivity index (χ1) is 11.8. The van der Waals surface area contributed by atoms with Gasteiger partial charge in [-0.1, -0.05) is 0 Å². The Balaban J connectivity index is 1.98. The molecule has 0 aromatic carbocycles. The Morgan fingerprint density at radius 3 is 1.80 bits per heavy atom. The minimum Gasteiger partial charge on any atom is -0.275 e. The van der Waals surface area contributed by atoms with Crippen LogP contribution in [0, 0.1) is 6.92 Å². The summed E-state index contributed by atoms with van der Waals surface area (Å²) in [6, 6.07) is 0. The molecule has 10 heteroatoms. The van der Waals surface area contributed by atoms with E-state index in [1.54, 1.807) is 49.8 Å². The second-order valence-electron chi connectivity index (χ2n) is 6.07. The van der Waals surface area contributed by atoms with Crippen molar-refractivity contribution in [2.75, 3.05) is 0 Å². The van der Waals surface area contributed by atoms with Crippen LogP contribution < -0.4 is 0 Å². The average molecular weight is 363 g/mol. The fraction of sp³-hybridized carbons (Fsp3) is 0.400. The predicted molar refractivity (Wildman–Crippen MR) is 90.8 cm³/mol. The first-order valence-corrected chi connectivity index (χ1v) is 9.15. The molecule has 0 bridgehead atoms. The van der Waals surface area contributed by atoms with Gasteiger partial charge in [0.25, 0.3) is 0 Å². The summed E-state index contributed by atoms with van der Waals surface area (Å²) in [5.41, 5.74) is 2.11. The Morgan fingerprint density at radius 1 is 0.920 bits per heavy atom. The molecule has 3 aromatic heterocycles. The number of aromatic nitrogens is 6. The standard InChI is InChI=1S/C15H21N7O2S/c1-12-15(11-21(4)18-12)25(23,24)22(9-13-5-16-19(2)7-13)10-14-6-17-20(3)8-14/h5-8,11H,9-10H2,1-4H3. The van der Waals surface area contributed by atoms with Crippen molar-refractivity contribution < 1.29 is 8.42 Å². The Kier molecular flexibility index (Phi) is 4.48. The van der Waals surface area contributed by atoms with Crippen molar-refractivity contribution in [3.8, 4) is 0 Å². The van der Waals surface area contributed by atoms with Crippen molar-refractivity contribution in [1.82, 2.24) is 33.6 Å². The highest BCUT2D eigenvalue weighted by Gasteiger charge is 2.29. The van der Waals surface area contributed by atoms with Crippen LogP contribution in [-0.4, -0.2) is 42.1 Å². The fourth-order valence-corrected chi connectivity index (χ4v) is 4.33. The topological polar surface area (TPSA) is 90.8 Å². The van der Waals surface area contributed by atoms with Crippen LogP contribution in [0.25, 0.3) is 0 Å². The van der Waals surface area contributed by atoms with Crippen LogP contribution in [0.4, 0.5) is 0 Å². The van der Waals surface area contributed by atoms with Crippen LogP contribution in [0.5, 0.6) is 0 Å². The molecule has 0 aliphatic heterocycles. The molecule has 3 aromatic rings. The highest BCUT2D eigenvalue weighted by atomic mass is 32.2. The molecular weight excluding hydrogens is 342 g/mol. The van der Waals surface area contributed by atoms with Gasteiger partial charge in [0.15, 0.2) is 0 Å². The van der Waals surface area contributed by atoms with Crippen LogP contribution >= 0.6 is 0 Å². The lowest BCUT2D eigenvalue weighted by Gasteiger charge is -2.20. The van der Waals surface area contributed by atoms with Crippen molar-refractivity contribution >= 4 is 10.0 Å². The van der Waals surface area contributed by atoms with Gasteiger partial charge in [-0.05, 0) is 6.92 Å². The molecule has 25 heavy (non-hydrogen) atoms. The molecule has 0 atom stereocenters. The van der Waals surface area contributed by atoms with E-state index in [4.69, 9.17) is 0 Å². The third kappa shape index (κ3) is 3.64. The molecule has 0 unspecified atom stereocenters. The second-order valence-corrected chi connectivity index (χ2v) is 7.98. The van der Waals surface area contributed by atoms with E-state index in [2.05, 4.69) is 15.3 Å². The van der Waals surface area contributed by atoms with Gasteiger partial charge in [-0.2, -0.15) is 19.6 Å². The van der Waals surface area contributed by atoms with Crippen molar-refractivity contribution in [3.63, 3.8) is 0 Å². The first-order valence-electron chi connectivity index (χ1n) is 7.71. The van der Waals surface area contributed by atoms with Crippen LogP contribution in [0.15, 0.2) is 35.9 Å². The van der Waals surface area contributed by atoms with Crippen LogP contribution in [0.1, 0.15) is 16.8 Å². The fourth-order valence-electron chi connectivity index (χ4n) is 2.71. The van der Waals surface area contributed by atoms with E-state index in [9.17, 15) is 8.42 Å². The molecule has 0 amide bonds. The highest BCUT2D eigenvalue weighted by molar-refractivity contribution is 7.89. The number of nitrogens with zero attached hydrogens (tertiary/aromatic N) is 7. The maximum Gasteiger partial charge on any atom is 0.247 e. The van der Waals surface area contributed by atoms with Crippen molar-refractivity contribution in [2.24, 2.45) is 21.1 Å². The summed E-state index contributed by atoms with van der Waals surface area (Å²) < 4.78 is 32.6. The van der Waals surface area contributed by atoms with Crippen LogP contribution in [0.3, 0.4) is 0 Å². The Labute approximate surface area is 146 Å². The monoisotopic (exact) mass is 363 g/mol. The Hall–Kier alpha value is -2.46. The van der Waals surface area contributed by atoms with Crippen molar-refractivity contribution in [2.45, 2.75) is 24.9 Å². The molecule has 0 radical (unpaired) electrons. The smallest absolute Gasteiger partial charge is 0.247 e. The second kappa shape index (κ2) is 6.45. The lowest BCUT2D eigenvalue weighted by molar-refractivity contribution is 0.400. The molecule has 0 spiro atoms. The van der Waals surface area contributed by atoms with E-state index in [-0.39, 0.29) is 18.0 Å². The Morgan fingerprint density at radius 2 is 1.44 bits per heavy atom. The van der Waals surface area contributed by atoms with E-state index in [1.807, 2.05) is 12.4 Å². The molecule has 0 aliphatic carbocycles. The minimum atomic E-state index is -3.71. The molecule has 9 nitrogen and oxygen atoms in total. The van der Waals surface area contributed by atoms with Gasteiger partial charge in [-0.3, -0.25) is 14.0 Å². The summed E-state index contributed by atoms with van der Waals surface area (Å²) in [6.45, 7) is 2.14. The molecule has 0 aliphatic rings. The summed E-state index contributed by atoms with van der Waals surface area (Å²) >= 11 is 0. The van der Waals surface area contributed by atoms with Crippen molar-refractivity contribution in [3.05, 3.63) is 47.8 Å². The first kappa shape index (κ1) is 17.4. The summed E-state index contributed by atoms with van der Waals surface area (Å²) in [7, 11) is 1.59. The summed E-state index contributed by atoms with van der Waals surface area (Å²) in [4.78, 5) is 0.211. The highest BCUT2D eigenvalue weighted by Crippen LogP contribution is 2.23. The number of hydrogen-bond donors (Lipinski definition) is 0. The zero-order valence-corrected chi connectivity index (χ0v) is 15.5. The molecule has 0 fully saturated rings. The van der Waals surface area contributed by atoms with E-state index < -0.39 is 10.0 Å². The third-order valence-corrected chi connectivity index (χ3v) is 5.72. The number of sulfonamides is 1. The number of aryl methyl sites for hydroxylation is 4. The van der Waals surface area contributed by atoms with Crippen LogP contribution in [0.2, 0.25) is 0 Å². The van der Waals surface area contributed by atoms with Gasteiger partial charge in [0.1, 0.15) is 4.90 Å². The Bertz CT molecular complexity index is 941. The maximum atomic E-state index is 13.2. The maximum absolute atomic E-state index is 13.2. The molecule has 134 valence electrons.